The van der Waals surface area contributed by atoms with Crippen LogP contribution in [0.5, 0.6) is 0 Å². The van der Waals surface area contributed by atoms with E-state index in [0.717, 1.165) is 27.8 Å². The lowest BCUT2D eigenvalue weighted by Crippen LogP contribution is -2.03. The van der Waals surface area contributed by atoms with Gasteiger partial charge in [-0.3, -0.25) is 4.57 Å². The fraction of sp³-hybridized carbons (Fsp3) is 0. The molecule has 0 spiro atoms. The summed E-state index contributed by atoms with van der Waals surface area (Å²) in [6.07, 6.45) is 0. The van der Waals surface area contributed by atoms with Gasteiger partial charge in [0.2, 0.25) is 0 Å². The molecule has 0 amide bonds. The molecule has 0 aliphatic carbocycles. The zero-order chi connectivity index (χ0) is 20.9. The van der Waals surface area contributed by atoms with E-state index < -0.39 is 7.60 Å². The van der Waals surface area contributed by atoms with Gasteiger partial charge in [-0.05, 0) is 82.2 Å². The molecular weight excluding hydrogens is 508 g/mol. The van der Waals surface area contributed by atoms with Gasteiger partial charge in [-0.15, -0.1) is 0 Å². The molecule has 0 aliphatic rings. The van der Waals surface area contributed by atoms with E-state index in [4.69, 9.17) is 0 Å². The lowest BCUT2D eigenvalue weighted by atomic mass is 10.1. The number of hydrogen-bond donors (Lipinski definition) is 2. The molecule has 0 unspecified atom stereocenters. The second-order valence-electron chi connectivity index (χ2n) is 7.16. The van der Waals surface area contributed by atoms with E-state index in [1.165, 1.54) is 20.4 Å². The van der Waals surface area contributed by atoms with E-state index in [1.54, 1.807) is 12.1 Å². The normalized spacial score (nSPS) is 12.0. The molecule has 5 rings (SSSR count). The summed E-state index contributed by atoms with van der Waals surface area (Å²) in [6.45, 7) is 0. The van der Waals surface area contributed by atoms with Gasteiger partial charge in [0.1, 0.15) is 0 Å². The Morgan fingerprint density at radius 3 is 2.20 bits per heavy atom. The first-order chi connectivity index (χ1) is 14.4. The average molecular weight is 525 g/mol. The second kappa shape index (κ2) is 7.36. The predicted octanol–water partition coefficient (Wildman–Crippen LogP) is 5.86. The summed E-state index contributed by atoms with van der Waals surface area (Å²) >= 11 is 2.33. The van der Waals surface area contributed by atoms with Gasteiger partial charge in [-0.25, -0.2) is 0 Å². The highest BCUT2D eigenvalue weighted by Gasteiger charge is 2.18. The van der Waals surface area contributed by atoms with Crippen LogP contribution in [0.3, 0.4) is 0 Å². The number of rotatable bonds is 3. The van der Waals surface area contributed by atoms with Crippen LogP contribution in [0, 0.1) is 3.57 Å². The Morgan fingerprint density at radius 2 is 1.40 bits per heavy atom. The molecule has 0 bridgehead atoms. The highest BCUT2D eigenvalue weighted by molar-refractivity contribution is 14.1. The highest BCUT2D eigenvalue weighted by atomic mass is 127. The molecular formula is C24H17INO3P. The summed E-state index contributed by atoms with van der Waals surface area (Å²) in [5, 5.41) is 2.42. The largest absolute Gasteiger partial charge is 0.356 e. The molecule has 0 atom stereocenters. The quantitative estimate of drug-likeness (QED) is 0.229. The van der Waals surface area contributed by atoms with Crippen molar-refractivity contribution >= 4 is 57.3 Å². The van der Waals surface area contributed by atoms with Crippen molar-refractivity contribution < 1.29 is 14.4 Å². The number of para-hydroxylation sites is 1. The summed E-state index contributed by atoms with van der Waals surface area (Å²) < 4.78 is 15.1. The van der Waals surface area contributed by atoms with Crippen LogP contribution in [-0.4, -0.2) is 14.4 Å². The molecule has 4 aromatic carbocycles. The lowest BCUT2D eigenvalue weighted by Gasteiger charge is -2.11. The summed E-state index contributed by atoms with van der Waals surface area (Å²) in [6, 6.07) is 29.4. The predicted molar refractivity (Wildman–Crippen MR) is 131 cm³/mol. The zero-order valence-electron chi connectivity index (χ0n) is 15.7. The minimum Gasteiger partial charge on any atom is -0.321 e. The number of nitrogens with zero attached hydrogens (tertiary/aromatic N) is 1. The van der Waals surface area contributed by atoms with E-state index in [0.29, 0.717) is 0 Å². The first-order valence-electron chi connectivity index (χ1n) is 9.37. The van der Waals surface area contributed by atoms with Gasteiger partial charge in [0, 0.05) is 20.0 Å². The summed E-state index contributed by atoms with van der Waals surface area (Å²) in [7, 11) is -4.30. The fourth-order valence-electron chi connectivity index (χ4n) is 3.91. The number of benzene rings is 4. The first kappa shape index (κ1) is 19.5. The van der Waals surface area contributed by atoms with Crippen LogP contribution in [0.2, 0.25) is 0 Å². The third-order valence-corrected chi connectivity index (χ3v) is 6.88. The minimum atomic E-state index is -4.30. The Morgan fingerprint density at radius 1 is 0.700 bits per heavy atom. The molecule has 6 heteroatoms. The van der Waals surface area contributed by atoms with Crippen LogP contribution in [0.25, 0.3) is 38.6 Å². The summed E-state index contributed by atoms with van der Waals surface area (Å²) in [5.41, 5.74) is 4.92. The van der Waals surface area contributed by atoms with Crippen LogP contribution < -0.4 is 5.30 Å². The summed E-state index contributed by atoms with van der Waals surface area (Å²) in [5.74, 6) is 0. The second-order valence-corrected chi connectivity index (χ2v) is 10.0. The molecule has 148 valence electrons. The number of aromatic nitrogens is 1. The lowest BCUT2D eigenvalue weighted by molar-refractivity contribution is 0.387. The van der Waals surface area contributed by atoms with Gasteiger partial charge in [0.15, 0.2) is 0 Å². The van der Waals surface area contributed by atoms with Gasteiger partial charge < -0.3 is 14.4 Å². The highest BCUT2D eigenvalue weighted by Crippen LogP contribution is 2.36. The zero-order valence-corrected chi connectivity index (χ0v) is 18.8. The van der Waals surface area contributed by atoms with Crippen molar-refractivity contribution in [3.8, 4) is 16.8 Å². The maximum atomic E-state index is 11.7. The third-order valence-electron chi connectivity index (χ3n) is 5.25. The monoisotopic (exact) mass is 525 g/mol. The minimum absolute atomic E-state index is 0.0249. The van der Waals surface area contributed by atoms with Crippen molar-refractivity contribution in [3.05, 3.63) is 94.6 Å². The standard InChI is InChI=1S/C24H17INO3P/c25-18-11-12-24-22(15-18)21-9-1-2-10-23(21)26(24)19-7-3-5-16(13-19)17-6-4-8-20(14-17)30(27,28)29/h1-15H,(H2,27,28,29). The number of hydrogen-bond acceptors (Lipinski definition) is 1. The molecule has 0 fully saturated rings. The summed E-state index contributed by atoms with van der Waals surface area (Å²) in [4.78, 5) is 19.1. The van der Waals surface area contributed by atoms with Crippen LogP contribution >= 0.6 is 30.2 Å². The molecule has 0 aliphatic heterocycles. The molecule has 1 heterocycles. The maximum Gasteiger partial charge on any atom is 0.356 e. The van der Waals surface area contributed by atoms with Crippen molar-refractivity contribution in [2.45, 2.75) is 0 Å². The molecule has 0 saturated carbocycles. The van der Waals surface area contributed by atoms with Crippen LogP contribution in [-0.2, 0) is 4.57 Å². The average Bonchev–Trinajstić information content (AvgIpc) is 3.07. The Kier molecular flexibility index (Phi) is 4.79. The van der Waals surface area contributed by atoms with Crippen LogP contribution in [0.4, 0.5) is 0 Å². The maximum absolute atomic E-state index is 11.7. The van der Waals surface area contributed by atoms with Gasteiger partial charge in [0.05, 0.1) is 16.3 Å². The van der Waals surface area contributed by atoms with E-state index in [1.807, 2.05) is 24.3 Å². The molecule has 30 heavy (non-hydrogen) atoms. The SMILES string of the molecule is O=P(O)(O)c1cccc(-c2cccc(-n3c4ccccc4c4cc(I)ccc43)c2)c1. The van der Waals surface area contributed by atoms with Crippen LogP contribution in [0.1, 0.15) is 0 Å². The Labute approximate surface area is 187 Å². The Bertz CT molecular complexity index is 1470. The van der Waals surface area contributed by atoms with Crippen molar-refractivity contribution in [1.82, 2.24) is 4.57 Å². The van der Waals surface area contributed by atoms with E-state index in [9.17, 15) is 14.4 Å². The van der Waals surface area contributed by atoms with E-state index in [-0.39, 0.29) is 5.30 Å². The van der Waals surface area contributed by atoms with Crippen molar-refractivity contribution in [3.63, 3.8) is 0 Å². The molecule has 5 aromatic rings. The van der Waals surface area contributed by atoms with Gasteiger partial charge in [-0.2, -0.15) is 0 Å². The Balaban J connectivity index is 1.74. The van der Waals surface area contributed by atoms with Crippen molar-refractivity contribution in [2.75, 3.05) is 0 Å². The fourth-order valence-corrected chi connectivity index (χ4v) is 4.99. The molecule has 0 radical (unpaired) electrons. The topological polar surface area (TPSA) is 62.5 Å². The van der Waals surface area contributed by atoms with E-state index in [2.05, 4.69) is 75.7 Å². The van der Waals surface area contributed by atoms with Crippen LogP contribution in [0.15, 0.2) is 91.0 Å². The molecule has 4 nitrogen and oxygen atoms in total. The molecule has 1 aromatic heterocycles. The first-order valence-corrected chi connectivity index (χ1v) is 12.1. The number of fused-ring (bicyclic) bond motifs is 3. The van der Waals surface area contributed by atoms with Crippen molar-refractivity contribution in [1.29, 1.82) is 0 Å². The molecule has 2 N–H and O–H groups in total. The molecule has 0 saturated heterocycles. The van der Waals surface area contributed by atoms with E-state index >= 15 is 0 Å². The van der Waals surface area contributed by atoms with Gasteiger partial charge in [0.25, 0.3) is 0 Å². The Hall–Kier alpha value is -2.44. The third kappa shape index (κ3) is 3.38. The smallest absolute Gasteiger partial charge is 0.321 e. The number of halogens is 1. The van der Waals surface area contributed by atoms with Crippen molar-refractivity contribution in [2.24, 2.45) is 0 Å². The van der Waals surface area contributed by atoms with Gasteiger partial charge >= 0.3 is 7.60 Å². The van der Waals surface area contributed by atoms with Gasteiger partial charge in [-0.1, -0.05) is 42.5 Å².